The minimum absolute atomic E-state index is 0. The second kappa shape index (κ2) is 11.9. The number of rotatable bonds is 7. The highest BCUT2D eigenvalue weighted by atomic mass is 35.5. The standard InChI is InChI=1S/C28H28ClF4N5O3.CH4/c1-4-21(40)37-11-16(3)38(12-15(37)2)26-17-10-18(29)22(23-19(30)6-5-7-20(23)39)24(31)25(17)34-27(35-26)41-9-8-36-13-28(32,33)14-36;/h4-7,10,15-16,39H,1,8-9,11-14H2,2-3H3;1H4/t15-,16+;/m1./s1. The number of anilines is 1. The van der Waals surface area contributed by atoms with Crippen molar-refractivity contribution < 1.29 is 32.2 Å². The maximum absolute atomic E-state index is 16.2. The van der Waals surface area contributed by atoms with Gasteiger partial charge in [0.25, 0.3) is 5.92 Å². The van der Waals surface area contributed by atoms with Crippen LogP contribution in [0.5, 0.6) is 11.8 Å². The van der Waals surface area contributed by atoms with Gasteiger partial charge in [-0.15, -0.1) is 0 Å². The third kappa shape index (κ3) is 5.82. The predicted octanol–water partition coefficient (Wildman–Crippen LogP) is 5.51. The van der Waals surface area contributed by atoms with Gasteiger partial charge in [-0.25, -0.2) is 17.6 Å². The lowest BCUT2D eigenvalue weighted by atomic mass is 10.0. The molecule has 2 saturated heterocycles. The summed E-state index contributed by atoms with van der Waals surface area (Å²) < 4.78 is 63.1. The Balaban J connectivity index is 0.00000405. The number of phenolic OH excluding ortho intramolecular Hbond substituents is 1. The molecule has 5 rings (SSSR count). The first kappa shape index (κ1) is 31.3. The Kier molecular flexibility index (Phi) is 8.89. The molecule has 0 aliphatic carbocycles. The first-order valence-electron chi connectivity index (χ1n) is 13.0. The fourth-order valence-electron chi connectivity index (χ4n) is 5.31. The Morgan fingerprint density at radius 3 is 2.55 bits per heavy atom. The molecule has 0 saturated carbocycles. The number of carbonyl (C=O) groups is 1. The second-order valence-electron chi connectivity index (χ2n) is 10.4. The number of piperazine rings is 1. The summed E-state index contributed by atoms with van der Waals surface area (Å²) in [7, 11) is 0. The number of carbonyl (C=O) groups excluding carboxylic acids is 1. The summed E-state index contributed by atoms with van der Waals surface area (Å²) in [5, 5.41) is 10.4. The van der Waals surface area contributed by atoms with E-state index in [1.807, 2.05) is 18.7 Å². The van der Waals surface area contributed by atoms with Gasteiger partial charge in [-0.05, 0) is 38.1 Å². The lowest BCUT2D eigenvalue weighted by Gasteiger charge is -2.44. The Hall–Kier alpha value is -3.64. The topological polar surface area (TPSA) is 82.0 Å². The lowest BCUT2D eigenvalue weighted by Crippen LogP contribution is -2.58. The smallest absolute Gasteiger partial charge is 0.319 e. The fraction of sp³-hybridized carbons (Fsp3) is 0.414. The average Bonchev–Trinajstić information content (AvgIpc) is 2.90. The minimum Gasteiger partial charge on any atom is -0.507 e. The molecule has 226 valence electrons. The Bertz CT molecular complexity index is 1500. The van der Waals surface area contributed by atoms with Crippen molar-refractivity contribution in [2.75, 3.05) is 44.2 Å². The van der Waals surface area contributed by atoms with Gasteiger partial charge in [-0.2, -0.15) is 9.97 Å². The first-order chi connectivity index (χ1) is 19.4. The molecular formula is C29H32ClF4N5O3. The number of ether oxygens (including phenoxy) is 1. The molecule has 2 aromatic carbocycles. The van der Waals surface area contributed by atoms with Gasteiger partial charge in [0, 0.05) is 42.7 Å². The predicted molar refractivity (Wildman–Crippen MR) is 153 cm³/mol. The number of hydrogen-bond acceptors (Lipinski definition) is 7. The summed E-state index contributed by atoms with van der Waals surface area (Å²) in [5.41, 5.74) is -1.03. The highest BCUT2D eigenvalue weighted by molar-refractivity contribution is 6.34. The molecule has 2 aliphatic rings. The van der Waals surface area contributed by atoms with E-state index in [4.69, 9.17) is 16.3 Å². The van der Waals surface area contributed by atoms with Gasteiger partial charge < -0.3 is 19.6 Å². The summed E-state index contributed by atoms with van der Waals surface area (Å²) in [6, 6.07) is 4.22. The molecule has 3 aromatic rings. The van der Waals surface area contributed by atoms with Crippen LogP contribution in [0.2, 0.25) is 5.02 Å². The van der Waals surface area contributed by atoms with Crippen LogP contribution in [0.3, 0.4) is 0 Å². The van der Waals surface area contributed by atoms with Gasteiger partial charge in [0.05, 0.1) is 23.7 Å². The molecule has 2 atom stereocenters. The van der Waals surface area contributed by atoms with Crippen LogP contribution < -0.4 is 9.64 Å². The van der Waals surface area contributed by atoms with Crippen LogP contribution >= 0.6 is 11.6 Å². The van der Waals surface area contributed by atoms with Crippen LogP contribution in [0.25, 0.3) is 22.0 Å². The Labute approximate surface area is 246 Å². The van der Waals surface area contributed by atoms with E-state index in [0.717, 1.165) is 6.07 Å². The van der Waals surface area contributed by atoms with Crippen molar-refractivity contribution in [3.05, 3.63) is 53.6 Å². The van der Waals surface area contributed by atoms with E-state index >= 15 is 4.39 Å². The monoisotopic (exact) mass is 609 g/mol. The van der Waals surface area contributed by atoms with Crippen molar-refractivity contribution in [2.45, 2.75) is 39.3 Å². The third-order valence-electron chi connectivity index (χ3n) is 7.35. The number of amides is 1. The largest absolute Gasteiger partial charge is 0.507 e. The number of aromatic hydroxyl groups is 1. The van der Waals surface area contributed by atoms with E-state index < -0.39 is 28.9 Å². The lowest BCUT2D eigenvalue weighted by molar-refractivity contribution is -0.132. The van der Waals surface area contributed by atoms with E-state index in [2.05, 4.69) is 16.5 Å². The molecular weight excluding hydrogens is 578 g/mol. The number of aromatic nitrogens is 2. The maximum atomic E-state index is 16.2. The van der Waals surface area contributed by atoms with Crippen molar-refractivity contribution in [3.63, 3.8) is 0 Å². The van der Waals surface area contributed by atoms with Crippen molar-refractivity contribution in [2.24, 2.45) is 0 Å². The van der Waals surface area contributed by atoms with Crippen LogP contribution in [0.1, 0.15) is 21.3 Å². The van der Waals surface area contributed by atoms with Crippen LogP contribution in [0.15, 0.2) is 36.9 Å². The summed E-state index contributed by atoms with van der Waals surface area (Å²) >= 11 is 6.50. The molecule has 2 aliphatic heterocycles. The fourth-order valence-corrected chi connectivity index (χ4v) is 5.60. The summed E-state index contributed by atoms with van der Waals surface area (Å²) in [6.45, 7) is 7.32. The van der Waals surface area contributed by atoms with Crippen LogP contribution in [0.4, 0.5) is 23.4 Å². The Morgan fingerprint density at radius 1 is 1.19 bits per heavy atom. The second-order valence-corrected chi connectivity index (χ2v) is 10.8. The highest BCUT2D eigenvalue weighted by Gasteiger charge is 2.43. The van der Waals surface area contributed by atoms with Crippen LogP contribution in [0, 0.1) is 11.6 Å². The average molecular weight is 610 g/mol. The van der Waals surface area contributed by atoms with Crippen LogP contribution in [-0.2, 0) is 4.79 Å². The minimum atomic E-state index is -2.73. The molecule has 3 heterocycles. The third-order valence-corrected chi connectivity index (χ3v) is 7.65. The van der Waals surface area contributed by atoms with Gasteiger partial charge in [0.15, 0.2) is 5.82 Å². The molecule has 1 N–H and O–H groups in total. The zero-order chi connectivity index (χ0) is 29.6. The van der Waals surface area contributed by atoms with E-state index in [1.165, 1.54) is 29.2 Å². The van der Waals surface area contributed by atoms with E-state index in [1.54, 1.807) is 4.90 Å². The number of likely N-dealkylation sites (tertiary alicyclic amines) is 1. The molecule has 8 nitrogen and oxygen atoms in total. The van der Waals surface area contributed by atoms with Crippen LogP contribution in [-0.4, -0.2) is 88.1 Å². The zero-order valence-electron chi connectivity index (χ0n) is 22.4. The number of alkyl halides is 2. The molecule has 0 radical (unpaired) electrons. The van der Waals surface area contributed by atoms with Gasteiger partial charge in [0.2, 0.25) is 5.91 Å². The van der Waals surface area contributed by atoms with E-state index in [0.29, 0.717) is 13.1 Å². The van der Waals surface area contributed by atoms with Crippen molar-refractivity contribution >= 4 is 34.2 Å². The van der Waals surface area contributed by atoms with Gasteiger partial charge in [0.1, 0.15) is 29.5 Å². The quantitative estimate of drug-likeness (QED) is 0.279. The zero-order valence-corrected chi connectivity index (χ0v) is 23.1. The SMILES string of the molecule is C.C=CC(=O)N1C[C@H](C)N(c2nc(OCCN3CC(F)(F)C3)nc3c(F)c(-c4c(O)cccc4F)c(Cl)cc23)C[C@H]1C. The molecule has 2 fully saturated rings. The van der Waals surface area contributed by atoms with E-state index in [-0.39, 0.29) is 85.0 Å². The van der Waals surface area contributed by atoms with Crippen molar-refractivity contribution in [1.29, 1.82) is 0 Å². The number of benzene rings is 2. The number of hydrogen-bond donors (Lipinski definition) is 1. The molecule has 13 heteroatoms. The summed E-state index contributed by atoms with van der Waals surface area (Å²) in [4.78, 5) is 26.2. The van der Waals surface area contributed by atoms with Crippen molar-refractivity contribution in [1.82, 2.24) is 19.8 Å². The molecule has 0 spiro atoms. The normalized spacial score (nSPS) is 20.2. The Morgan fingerprint density at radius 2 is 1.90 bits per heavy atom. The molecule has 1 amide bonds. The van der Waals surface area contributed by atoms with Crippen molar-refractivity contribution in [3.8, 4) is 22.9 Å². The molecule has 0 bridgehead atoms. The number of phenols is 1. The number of halogens is 5. The first-order valence-corrected chi connectivity index (χ1v) is 13.4. The van der Waals surface area contributed by atoms with E-state index in [9.17, 15) is 23.1 Å². The molecule has 0 unspecified atom stereocenters. The van der Waals surface area contributed by atoms with Gasteiger partial charge in [-0.3, -0.25) is 9.69 Å². The summed E-state index contributed by atoms with van der Waals surface area (Å²) in [6.07, 6.45) is 1.24. The highest BCUT2D eigenvalue weighted by Crippen LogP contribution is 2.43. The molecule has 1 aromatic heterocycles. The number of fused-ring (bicyclic) bond motifs is 1. The summed E-state index contributed by atoms with van der Waals surface area (Å²) in [5.74, 6) is -5.06. The maximum Gasteiger partial charge on any atom is 0.319 e. The molecule has 42 heavy (non-hydrogen) atoms. The van der Waals surface area contributed by atoms with Gasteiger partial charge >= 0.3 is 6.01 Å². The number of nitrogens with zero attached hydrogens (tertiary/aromatic N) is 5. The van der Waals surface area contributed by atoms with Gasteiger partial charge in [-0.1, -0.05) is 31.7 Å².